The highest BCUT2D eigenvalue weighted by molar-refractivity contribution is 6.04. The van der Waals surface area contributed by atoms with Crippen molar-refractivity contribution in [2.75, 3.05) is 18.4 Å². The van der Waals surface area contributed by atoms with Crippen molar-refractivity contribution >= 4 is 22.5 Å². The molecule has 1 aromatic heterocycles. The van der Waals surface area contributed by atoms with E-state index in [2.05, 4.69) is 15.6 Å². The Hall–Kier alpha value is -1.98. The van der Waals surface area contributed by atoms with E-state index in [0.717, 1.165) is 29.7 Å². The van der Waals surface area contributed by atoms with E-state index in [1.54, 1.807) is 6.20 Å². The van der Waals surface area contributed by atoms with Crippen LogP contribution < -0.4 is 16.4 Å². The number of anilines is 1. The van der Waals surface area contributed by atoms with Gasteiger partial charge >= 0.3 is 0 Å². The third kappa shape index (κ3) is 2.37. The zero-order chi connectivity index (χ0) is 14.0. The Morgan fingerprint density at radius 1 is 1.25 bits per heavy atom. The highest BCUT2D eigenvalue weighted by Crippen LogP contribution is 2.24. The lowest BCUT2D eigenvalue weighted by atomic mass is 9.88. The summed E-state index contributed by atoms with van der Waals surface area (Å²) in [4.78, 5) is 16.7. The van der Waals surface area contributed by atoms with Crippen LogP contribution in [-0.2, 0) is 4.79 Å². The number of pyridine rings is 1. The van der Waals surface area contributed by atoms with Crippen LogP contribution in [0.5, 0.6) is 0 Å². The molecule has 2 aromatic rings. The van der Waals surface area contributed by atoms with Gasteiger partial charge in [0.15, 0.2) is 0 Å². The number of aromatic nitrogens is 1. The summed E-state index contributed by atoms with van der Waals surface area (Å²) in [6.45, 7) is 1.56. The van der Waals surface area contributed by atoms with Gasteiger partial charge in [-0.25, -0.2) is 0 Å². The summed E-state index contributed by atoms with van der Waals surface area (Å²) in [5, 5.41) is 7.11. The van der Waals surface area contributed by atoms with Crippen LogP contribution in [0, 0.1) is 0 Å². The molecule has 1 saturated heterocycles. The number of nitrogens with two attached hydrogens (primary N) is 1. The lowest BCUT2D eigenvalue weighted by Crippen LogP contribution is -2.56. The number of hydrogen-bond donors (Lipinski definition) is 3. The molecule has 0 unspecified atom stereocenters. The van der Waals surface area contributed by atoms with Crippen molar-refractivity contribution in [1.29, 1.82) is 0 Å². The maximum Gasteiger partial charge on any atom is 0.244 e. The molecule has 1 aliphatic heterocycles. The van der Waals surface area contributed by atoms with Gasteiger partial charge in [-0.05, 0) is 50.2 Å². The van der Waals surface area contributed by atoms with E-state index in [0.29, 0.717) is 12.8 Å². The topological polar surface area (TPSA) is 80.0 Å². The summed E-state index contributed by atoms with van der Waals surface area (Å²) in [6, 6.07) is 9.50. The maximum atomic E-state index is 12.4. The number of carbonyl (C=O) groups excluding carboxylic acids is 1. The second-order valence-electron chi connectivity index (χ2n) is 5.24. The fourth-order valence-corrected chi connectivity index (χ4v) is 2.56. The highest BCUT2D eigenvalue weighted by Gasteiger charge is 2.35. The molecule has 1 fully saturated rings. The molecule has 5 nitrogen and oxygen atoms in total. The van der Waals surface area contributed by atoms with Crippen molar-refractivity contribution in [3.05, 3.63) is 36.5 Å². The molecule has 0 saturated carbocycles. The number of carbonyl (C=O) groups is 1. The summed E-state index contributed by atoms with van der Waals surface area (Å²) in [6.07, 6.45) is 3.05. The Morgan fingerprint density at radius 3 is 2.85 bits per heavy atom. The van der Waals surface area contributed by atoms with Crippen molar-refractivity contribution in [2.45, 2.75) is 18.4 Å². The molecule has 3 rings (SSSR count). The Kier molecular flexibility index (Phi) is 3.38. The molecule has 1 aliphatic rings. The van der Waals surface area contributed by atoms with E-state index < -0.39 is 5.54 Å². The molecule has 0 atom stereocenters. The Balaban J connectivity index is 1.87. The fraction of sp³-hybridized carbons (Fsp3) is 0.333. The van der Waals surface area contributed by atoms with E-state index in [1.807, 2.05) is 30.3 Å². The summed E-state index contributed by atoms with van der Waals surface area (Å²) in [5.41, 5.74) is 7.07. The monoisotopic (exact) mass is 270 g/mol. The van der Waals surface area contributed by atoms with Gasteiger partial charge in [-0.1, -0.05) is 6.07 Å². The van der Waals surface area contributed by atoms with Gasteiger partial charge in [0.05, 0.1) is 16.7 Å². The largest absolute Gasteiger partial charge is 0.324 e. The number of nitrogens with one attached hydrogen (secondary N) is 2. The van der Waals surface area contributed by atoms with Crippen molar-refractivity contribution < 1.29 is 4.79 Å². The molecular weight excluding hydrogens is 252 g/mol. The molecule has 5 heteroatoms. The maximum absolute atomic E-state index is 12.4. The molecule has 0 bridgehead atoms. The number of hydrogen-bond acceptors (Lipinski definition) is 4. The second-order valence-corrected chi connectivity index (χ2v) is 5.24. The van der Waals surface area contributed by atoms with E-state index >= 15 is 0 Å². The molecule has 0 radical (unpaired) electrons. The van der Waals surface area contributed by atoms with Crippen LogP contribution in [0.25, 0.3) is 10.9 Å². The van der Waals surface area contributed by atoms with Gasteiger partial charge in [0.1, 0.15) is 0 Å². The van der Waals surface area contributed by atoms with Crippen molar-refractivity contribution in [3.63, 3.8) is 0 Å². The number of rotatable bonds is 2. The van der Waals surface area contributed by atoms with Gasteiger partial charge in [-0.2, -0.15) is 0 Å². The lowest BCUT2D eigenvalue weighted by molar-refractivity contribution is -0.122. The minimum absolute atomic E-state index is 0.115. The third-order valence-electron chi connectivity index (χ3n) is 3.84. The molecule has 104 valence electrons. The smallest absolute Gasteiger partial charge is 0.244 e. The number of nitrogens with zero attached hydrogens (tertiary/aromatic N) is 1. The number of piperidine rings is 1. The van der Waals surface area contributed by atoms with Crippen molar-refractivity contribution in [3.8, 4) is 0 Å². The van der Waals surface area contributed by atoms with Crippen LogP contribution >= 0.6 is 0 Å². The zero-order valence-corrected chi connectivity index (χ0v) is 11.2. The lowest BCUT2D eigenvalue weighted by Gasteiger charge is -2.32. The molecule has 1 amide bonds. The van der Waals surface area contributed by atoms with Gasteiger partial charge < -0.3 is 16.4 Å². The minimum atomic E-state index is -0.782. The molecule has 20 heavy (non-hydrogen) atoms. The summed E-state index contributed by atoms with van der Waals surface area (Å²) < 4.78 is 0. The molecule has 4 N–H and O–H groups in total. The van der Waals surface area contributed by atoms with Gasteiger partial charge in [0.25, 0.3) is 0 Å². The molecule has 1 aromatic carbocycles. The molecule has 0 spiro atoms. The summed E-state index contributed by atoms with van der Waals surface area (Å²) in [7, 11) is 0. The Morgan fingerprint density at radius 2 is 2.05 bits per heavy atom. The SMILES string of the molecule is NC1(C(=O)Nc2cccc3ncccc23)CCNCC1. The first-order chi connectivity index (χ1) is 9.69. The quantitative estimate of drug-likeness (QED) is 0.767. The number of fused-ring (bicyclic) bond motifs is 1. The first kappa shape index (κ1) is 13.0. The molecule has 2 heterocycles. The normalized spacial score (nSPS) is 17.9. The van der Waals surface area contributed by atoms with Gasteiger partial charge in [0, 0.05) is 11.6 Å². The van der Waals surface area contributed by atoms with E-state index in [9.17, 15) is 4.79 Å². The van der Waals surface area contributed by atoms with Crippen molar-refractivity contribution in [1.82, 2.24) is 10.3 Å². The van der Waals surface area contributed by atoms with Gasteiger partial charge in [-0.3, -0.25) is 9.78 Å². The Bertz CT molecular complexity index is 629. The summed E-state index contributed by atoms with van der Waals surface area (Å²) >= 11 is 0. The van der Waals surface area contributed by atoms with Gasteiger partial charge in [-0.15, -0.1) is 0 Å². The van der Waals surface area contributed by atoms with Crippen LogP contribution in [0.2, 0.25) is 0 Å². The predicted molar refractivity (Wildman–Crippen MR) is 79.4 cm³/mol. The first-order valence-electron chi connectivity index (χ1n) is 6.84. The van der Waals surface area contributed by atoms with E-state index in [-0.39, 0.29) is 5.91 Å². The van der Waals surface area contributed by atoms with Crippen LogP contribution in [0.3, 0.4) is 0 Å². The van der Waals surface area contributed by atoms with Crippen LogP contribution in [0.15, 0.2) is 36.5 Å². The van der Waals surface area contributed by atoms with E-state index in [1.165, 1.54) is 0 Å². The number of amides is 1. The summed E-state index contributed by atoms with van der Waals surface area (Å²) in [5.74, 6) is -0.115. The standard InChI is InChI=1S/C15H18N4O/c16-15(6-9-17-10-7-15)14(20)19-13-5-1-4-12-11(13)3-2-8-18-12/h1-5,8,17H,6-7,9-10,16H2,(H,19,20). The highest BCUT2D eigenvalue weighted by atomic mass is 16.2. The number of benzene rings is 1. The van der Waals surface area contributed by atoms with Gasteiger partial charge in [0.2, 0.25) is 5.91 Å². The predicted octanol–water partition coefficient (Wildman–Crippen LogP) is 1.25. The molecule has 0 aliphatic carbocycles. The Labute approximate surface area is 117 Å². The molecular formula is C15H18N4O. The van der Waals surface area contributed by atoms with Crippen LogP contribution in [-0.4, -0.2) is 29.5 Å². The average molecular weight is 270 g/mol. The average Bonchev–Trinajstić information content (AvgIpc) is 2.48. The third-order valence-corrected chi connectivity index (χ3v) is 3.84. The van der Waals surface area contributed by atoms with Crippen molar-refractivity contribution in [2.24, 2.45) is 5.73 Å². The van der Waals surface area contributed by atoms with Crippen LogP contribution in [0.1, 0.15) is 12.8 Å². The van der Waals surface area contributed by atoms with E-state index in [4.69, 9.17) is 5.73 Å². The first-order valence-corrected chi connectivity index (χ1v) is 6.84. The second kappa shape index (κ2) is 5.19. The van der Waals surface area contributed by atoms with Crippen LogP contribution in [0.4, 0.5) is 5.69 Å². The minimum Gasteiger partial charge on any atom is -0.324 e. The fourth-order valence-electron chi connectivity index (χ4n) is 2.56. The zero-order valence-electron chi connectivity index (χ0n) is 11.2.